The SMILES string of the molecule is CC(C)=C[C@H]1[C@H](C(=O)OC=[N+](C)C)C1(C)C. The second kappa shape index (κ2) is 4.40. The van der Waals surface area contributed by atoms with Gasteiger partial charge >= 0.3 is 12.4 Å². The van der Waals surface area contributed by atoms with Crippen molar-refractivity contribution in [2.24, 2.45) is 17.3 Å². The first-order valence-electron chi connectivity index (χ1n) is 5.62. The Bertz CT molecular complexity index is 345. The van der Waals surface area contributed by atoms with Crippen molar-refractivity contribution in [3.63, 3.8) is 0 Å². The van der Waals surface area contributed by atoms with Crippen LogP contribution in [0, 0.1) is 17.3 Å². The molecule has 1 fully saturated rings. The quantitative estimate of drug-likeness (QED) is 0.241. The largest absolute Gasteiger partial charge is 0.377 e. The topological polar surface area (TPSA) is 29.3 Å². The molecule has 16 heavy (non-hydrogen) atoms. The van der Waals surface area contributed by atoms with E-state index in [1.54, 1.807) is 4.58 Å². The van der Waals surface area contributed by atoms with Crippen LogP contribution in [0.25, 0.3) is 0 Å². The van der Waals surface area contributed by atoms with Gasteiger partial charge in [-0.05, 0) is 25.2 Å². The van der Waals surface area contributed by atoms with Gasteiger partial charge in [-0.2, -0.15) is 0 Å². The summed E-state index contributed by atoms with van der Waals surface area (Å²) >= 11 is 0. The molecule has 1 saturated carbocycles. The van der Waals surface area contributed by atoms with Gasteiger partial charge in [0, 0.05) is 0 Å². The molecule has 1 aliphatic rings. The average molecular weight is 224 g/mol. The predicted molar refractivity (Wildman–Crippen MR) is 64.5 cm³/mol. The second-order valence-corrected chi connectivity index (χ2v) is 5.57. The number of hydrogen-bond donors (Lipinski definition) is 0. The van der Waals surface area contributed by atoms with Crippen molar-refractivity contribution < 1.29 is 14.1 Å². The Morgan fingerprint density at radius 3 is 2.31 bits per heavy atom. The molecule has 0 aliphatic heterocycles. The fourth-order valence-electron chi connectivity index (χ4n) is 2.03. The maximum atomic E-state index is 11.8. The highest BCUT2D eigenvalue weighted by Crippen LogP contribution is 2.59. The lowest BCUT2D eigenvalue weighted by molar-refractivity contribution is -0.467. The molecule has 0 heterocycles. The van der Waals surface area contributed by atoms with Crippen LogP contribution in [0.3, 0.4) is 0 Å². The number of rotatable bonds is 3. The highest BCUT2D eigenvalue weighted by atomic mass is 16.5. The normalized spacial score (nSPS) is 25.6. The highest BCUT2D eigenvalue weighted by molar-refractivity contribution is 5.83. The van der Waals surface area contributed by atoms with Crippen LogP contribution in [0.4, 0.5) is 0 Å². The lowest BCUT2D eigenvalue weighted by Crippen LogP contribution is -2.13. The predicted octanol–water partition coefficient (Wildman–Crippen LogP) is 2.07. The minimum Gasteiger partial charge on any atom is -0.377 e. The third-order valence-corrected chi connectivity index (χ3v) is 3.06. The van der Waals surface area contributed by atoms with Crippen molar-refractivity contribution in [1.82, 2.24) is 0 Å². The van der Waals surface area contributed by atoms with Gasteiger partial charge in [0.1, 0.15) is 14.1 Å². The number of allylic oxidation sites excluding steroid dienone is 2. The molecule has 3 nitrogen and oxygen atoms in total. The van der Waals surface area contributed by atoms with Crippen molar-refractivity contribution >= 4 is 12.4 Å². The Balaban J connectivity index is 2.66. The van der Waals surface area contributed by atoms with Gasteiger partial charge in [0.05, 0.1) is 5.92 Å². The van der Waals surface area contributed by atoms with Crippen molar-refractivity contribution in [2.75, 3.05) is 14.1 Å². The summed E-state index contributed by atoms with van der Waals surface area (Å²) in [7, 11) is 3.66. The van der Waals surface area contributed by atoms with Gasteiger partial charge in [0.25, 0.3) is 0 Å². The number of nitrogens with zero attached hydrogens (tertiary/aromatic N) is 1. The molecular formula is C13H22NO2+. The summed E-state index contributed by atoms with van der Waals surface area (Å²) < 4.78 is 6.83. The molecule has 3 heteroatoms. The molecule has 1 rings (SSSR count). The zero-order valence-corrected chi connectivity index (χ0v) is 11.1. The summed E-state index contributed by atoms with van der Waals surface area (Å²) in [5.41, 5.74) is 1.29. The van der Waals surface area contributed by atoms with Crippen LogP contribution < -0.4 is 0 Å². The van der Waals surface area contributed by atoms with E-state index in [-0.39, 0.29) is 17.3 Å². The van der Waals surface area contributed by atoms with Gasteiger partial charge in [-0.1, -0.05) is 25.5 Å². The number of carbonyl (C=O) groups is 1. The number of esters is 1. The van der Waals surface area contributed by atoms with E-state index < -0.39 is 0 Å². The Morgan fingerprint density at radius 1 is 1.31 bits per heavy atom. The Hall–Kier alpha value is -1.12. The molecule has 0 bridgehead atoms. The second-order valence-electron chi connectivity index (χ2n) is 5.57. The Kier molecular flexibility index (Phi) is 3.56. The van der Waals surface area contributed by atoms with E-state index in [0.717, 1.165) is 0 Å². The van der Waals surface area contributed by atoms with Gasteiger partial charge in [0.15, 0.2) is 0 Å². The van der Waals surface area contributed by atoms with Gasteiger partial charge in [0.2, 0.25) is 0 Å². The summed E-state index contributed by atoms with van der Waals surface area (Å²) in [6.45, 7) is 8.34. The molecule has 0 spiro atoms. The van der Waals surface area contributed by atoms with Gasteiger partial charge in [-0.25, -0.2) is 4.58 Å². The van der Waals surface area contributed by atoms with Crippen molar-refractivity contribution in [3.05, 3.63) is 11.6 Å². The van der Waals surface area contributed by atoms with E-state index >= 15 is 0 Å². The lowest BCUT2D eigenvalue weighted by atomic mass is 10.1. The molecule has 90 valence electrons. The molecule has 2 atom stereocenters. The van der Waals surface area contributed by atoms with Gasteiger partial charge in [-0.3, -0.25) is 4.79 Å². The third-order valence-electron chi connectivity index (χ3n) is 3.06. The third kappa shape index (κ3) is 2.71. The summed E-state index contributed by atoms with van der Waals surface area (Å²) in [6.07, 6.45) is 3.62. The standard InChI is InChI=1S/C13H22NO2/c1-9(2)7-10-11(13(10,3)4)12(15)16-8-14(5)6/h7-8,10-11H,1-6H3/q+1/t10-,11+/m0/s1. The van der Waals surface area contributed by atoms with Crippen LogP contribution in [-0.2, 0) is 9.53 Å². The number of ether oxygens (including phenoxy) is 1. The van der Waals surface area contributed by atoms with Crippen molar-refractivity contribution in [2.45, 2.75) is 27.7 Å². The molecule has 0 aromatic carbocycles. The minimum absolute atomic E-state index is 0.00130. The van der Waals surface area contributed by atoms with Crippen LogP contribution in [0.2, 0.25) is 0 Å². The monoisotopic (exact) mass is 224 g/mol. The minimum atomic E-state index is -0.124. The van der Waals surface area contributed by atoms with Crippen LogP contribution in [0.1, 0.15) is 27.7 Å². The van der Waals surface area contributed by atoms with Gasteiger partial charge in [-0.15, -0.1) is 0 Å². The molecule has 0 saturated heterocycles. The maximum absolute atomic E-state index is 11.8. The van der Waals surface area contributed by atoms with E-state index in [4.69, 9.17) is 4.74 Å². The smallest absolute Gasteiger partial charge is 0.331 e. The summed E-state index contributed by atoms with van der Waals surface area (Å²) in [5.74, 6) is 0.195. The zero-order valence-electron chi connectivity index (χ0n) is 11.1. The lowest BCUT2D eigenvalue weighted by Gasteiger charge is -1.99. The molecular weight excluding hydrogens is 202 g/mol. The van der Waals surface area contributed by atoms with Crippen LogP contribution in [0.15, 0.2) is 11.6 Å². The summed E-state index contributed by atoms with van der Waals surface area (Å²) in [4.78, 5) is 11.8. The summed E-state index contributed by atoms with van der Waals surface area (Å²) in [5, 5.41) is 0. The van der Waals surface area contributed by atoms with Crippen LogP contribution in [-0.4, -0.2) is 31.0 Å². The first-order valence-corrected chi connectivity index (χ1v) is 5.62. The Morgan fingerprint density at radius 2 is 1.88 bits per heavy atom. The van der Waals surface area contributed by atoms with Crippen molar-refractivity contribution in [3.8, 4) is 0 Å². The first-order chi connectivity index (χ1) is 7.26. The van der Waals surface area contributed by atoms with Gasteiger partial charge < -0.3 is 4.74 Å². The molecule has 0 amide bonds. The average Bonchev–Trinajstić information content (AvgIpc) is 2.63. The fourth-order valence-corrected chi connectivity index (χ4v) is 2.03. The van der Waals surface area contributed by atoms with E-state index in [1.807, 2.05) is 14.1 Å². The van der Waals surface area contributed by atoms with Crippen molar-refractivity contribution in [1.29, 1.82) is 0 Å². The molecule has 0 unspecified atom stereocenters. The number of carbonyl (C=O) groups excluding carboxylic acids is 1. The zero-order chi connectivity index (χ0) is 12.5. The maximum Gasteiger partial charge on any atom is 0.331 e. The Labute approximate surface area is 97.8 Å². The van der Waals surface area contributed by atoms with E-state index in [9.17, 15) is 4.79 Å². The van der Waals surface area contributed by atoms with Crippen LogP contribution >= 0.6 is 0 Å². The summed E-state index contributed by atoms with van der Waals surface area (Å²) in [6, 6.07) is 0. The number of hydrogen-bond acceptors (Lipinski definition) is 2. The molecule has 1 aliphatic carbocycles. The van der Waals surface area contributed by atoms with E-state index in [1.165, 1.54) is 12.0 Å². The fraction of sp³-hybridized carbons (Fsp3) is 0.692. The first kappa shape index (κ1) is 12.9. The molecule has 0 radical (unpaired) electrons. The molecule has 0 aromatic heterocycles. The van der Waals surface area contributed by atoms with Crippen LogP contribution in [0.5, 0.6) is 0 Å². The molecule has 0 aromatic rings. The molecule has 0 N–H and O–H groups in total. The van der Waals surface area contributed by atoms with E-state index in [0.29, 0.717) is 5.92 Å². The van der Waals surface area contributed by atoms with E-state index in [2.05, 4.69) is 33.8 Å². The highest BCUT2D eigenvalue weighted by Gasteiger charge is 2.61.